The summed E-state index contributed by atoms with van der Waals surface area (Å²) in [6.45, 7) is 5.27. The lowest BCUT2D eigenvalue weighted by atomic mass is 9.67. The average Bonchev–Trinajstić information content (AvgIpc) is 2.16. The number of carboxylic acid groups (broad SMARTS) is 1. The Morgan fingerprint density at radius 3 is 2.50 bits per heavy atom. The second-order valence-corrected chi connectivity index (χ2v) is 5.01. The van der Waals surface area contributed by atoms with Crippen molar-refractivity contribution in [2.24, 2.45) is 11.3 Å². The van der Waals surface area contributed by atoms with Gasteiger partial charge in [-0.05, 0) is 33.6 Å². The molecule has 1 rings (SSSR count). The number of hydrogen-bond donors (Lipinski definition) is 1. The van der Waals surface area contributed by atoms with Crippen LogP contribution >= 0.6 is 0 Å². The number of rotatable bonds is 3. The quantitative estimate of drug-likeness (QED) is 0.752. The average molecular weight is 228 g/mol. The molecular formula is C12H20O4. The van der Waals surface area contributed by atoms with Gasteiger partial charge >= 0.3 is 11.9 Å². The molecule has 0 aliphatic heterocycles. The highest BCUT2D eigenvalue weighted by Crippen LogP contribution is 2.42. The van der Waals surface area contributed by atoms with E-state index in [2.05, 4.69) is 0 Å². The number of carboxylic acids is 1. The first-order valence-corrected chi connectivity index (χ1v) is 5.82. The molecule has 0 radical (unpaired) electrons. The van der Waals surface area contributed by atoms with Crippen LogP contribution in [0.1, 0.15) is 46.5 Å². The van der Waals surface area contributed by atoms with E-state index in [9.17, 15) is 9.59 Å². The third kappa shape index (κ3) is 2.54. The first kappa shape index (κ1) is 13.0. The van der Waals surface area contributed by atoms with Crippen molar-refractivity contribution in [1.82, 2.24) is 0 Å². The number of hydrogen-bond acceptors (Lipinski definition) is 3. The summed E-state index contributed by atoms with van der Waals surface area (Å²) in [5, 5.41) is 9.15. The topological polar surface area (TPSA) is 63.6 Å². The van der Waals surface area contributed by atoms with Crippen molar-refractivity contribution >= 4 is 11.9 Å². The Labute approximate surface area is 96.0 Å². The van der Waals surface area contributed by atoms with E-state index in [1.165, 1.54) is 0 Å². The van der Waals surface area contributed by atoms with Gasteiger partial charge in [-0.1, -0.05) is 12.8 Å². The molecule has 4 nitrogen and oxygen atoms in total. The van der Waals surface area contributed by atoms with Gasteiger partial charge in [-0.2, -0.15) is 0 Å². The molecule has 2 atom stereocenters. The summed E-state index contributed by atoms with van der Waals surface area (Å²) >= 11 is 0. The number of carbonyl (C=O) groups excluding carboxylic acids is 1. The zero-order chi connectivity index (χ0) is 12.3. The molecule has 0 unspecified atom stereocenters. The van der Waals surface area contributed by atoms with Crippen LogP contribution in [-0.4, -0.2) is 23.1 Å². The maximum atomic E-state index is 12.0. The Morgan fingerprint density at radius 2 is 2.00 bits per heavy atom. The Kier molecular flexibility index (Phi) is 3.94. The highest BCUT2D eigenvalue weighted by atomic mass is 16.5. The van der Waals surface area contributed by atoms with E-state index < -0.39 is 17.3 Å². The van der Waals surface area contributed by atoms with Gasteiger partial charge in [0.15, 0.2) is 0 Å². The van der Waals surface area contributed by atoms with E-state index in [0.29, 0.717) is 12.8 Å². The van der Waals surface area contributed by atoms with Crippen molar-refractivity contribution in [3.63, 3.8) is 0 Å². The molecule has 1 saturated carbocycles. The molecule has 0 aromatic rings. The van der Waals surface area contributed by atoms with Gasteiger partial charge in [0, 0.05) is 0 Å². The monoisotopic (exact) mass is 228 g/mol. The van der Waals surface area contributed by atoms with Gasteiger partial charge in [0.25, 0.3) is 0 Å². The maximum Gasteiger partial charge on any atom is 0.312 e. The van der Waals surface area contributed by atoms with Crippen LogP contribution in [0.15, 0.2) is 0 Å². The summed E-state index contributed by atoms with van der Waals surface area (Å²) < 4.78 is 5.17. The molecule has 16 heavy (non-hydrogen) atoms. The molecule has 1 aliphatic rings. The molecule has 1 fully saturated rings. The highest BCUT2D eigenvalue weighted by Gasteiger charge is 2.48. The Balaban J connectivity index is 2.85. The smallest absolute Gasteiger partial charge is 0.312 e. The van der Waals surface area contributed by atoms with Crippen LogP contribution < -0.4 is 0 Å². The Bertz CT molecular complexity index is 285. The molecule has 1 aliphatic carbocycles. The molecule has 0 saturated heterocycles. The summed E-state index contributed by atoms with van der Waals surface area (Å²) in [4.78, 5) is 23.1. The van der Waals surface area contributed by atoms with Gasteiger partial charge < -0.3 is 9.84 Å². The number of carbonyl (C=O) groups is 2. The molecule has 0 aromatic carbocycles. The van der Waals surface area contributed by atoms with Crippen molar-refractivity contribution in [3.8, 4) is 0 Å². The molecule has 4 heteroatoms. The molecule has 92 valence electrons. The van der Waals surface area contributed by atoms with Crippen molar-refractivity contribution in [1.29, 1.82) is 0 Å². The summed E-state index contributed by atoms with van der Waals surface area (Å²) in [5.41, 5.74) is -0.853. The van der Waals surface area contributed by atoms with Gasteiger partial charge in [0.05, 0.1) is 17.4 Å². The minimum Gasteiger partial charge on any atom is -0.481 e. The standard InChI is InChI=1S/C12H20O4/c1-8(2)16-11(15)12(3)7-5-4-6-9(12)10(13)14/h8-9H,4-7H2,1-3H3,(H,13,14)/t9-,12-/m0/s1. The van der Waals surface area contributed by atoms with Gasteiger partial charge in [-0.25, -0.2) is 0 Å². The number of esters is 1. The molecule has 0 bridgehead atoms. The Morgan fingerprint density at radius 1 is 1.38 bits per heavy atom. The molecule has 0 amide bonds. The SMILES string of the molecule is CC(C)OC(=O)[C@@]1(C)CCCC[C@H]1C(=O)O. The van der Waals surface area contributed by atoms with E-state index in [1.807, 2.05) is 0 Å². The van der Waals surface area contributed by atoms with E-state index in [0.717, 1.165) is 12.8 Å². The van der Waals surface area contributed by atoms with Crippen LogP contribution in [-0.2, 0) is 14.3 Å². The molecule has 0 spiro atoms. The lowest BCUT2D eigenvalue weighted by Gasteiger charge is -2.37. The zero-order valence-electron chi connectivity index (χ0n) is 10.2. The zero-order valence-corrected chi connectivity index (χ0v) is 10.2. The van der Waals surface area contributed by atoms with Gasteiger partial charge in [-0.15, -0.1) is 0 Å². The first-order valence-electron chi connectivity index (χ1n) is 5.82. The van der Waals surface area contributed by atoms with Crippen LogP contribution in [0.25, 0.3) is 0 Å². The minimum absolute atomic E-state index is 0.194. The highest BCUT2D eigenvalue weighted by molar-refractivity contribution is 5.84. The fourth-order valence-electron chi connectivity index (χ4n) is 2.32. The van der Waals surface area contributed by atoms with E-state index in [1.54, 1.807) is 20.8 Å². The lowest BCUT2D eigenvalue weighted by molar-refractivity contribution is -0.172. The summed E-state index contributed by atoms with van der Waals surface area (Å²) in [6, 6.07) is 0. The van der Waals surface area contributed by atoms with Crippen LogP contribution in [0, 0.1) is 11.3 Å². The fraction of sp³-hybridized carbons (Fsp3) is 0.833. The normalized spacial score (nSPS) is 30.1. The molecule has 0 aromatic heterocycles. The number of ether oxygens (including phenoxy) is 1. The van der Waals surface area contributed by atoms with Crippen molar-refractivity contribution in [2.45, 2.75) is 52.6 Å². The van der Waals surface area contributed by atoms with Crippen LogP contribution in [0.2, 0.25) is 0 Å². The molecular weight excluding hydrogens is 208 g/mol. The van der Waals surface area contributed by atoms with Crippen LogP contribution in [0.3, 0.4) is 0 Å². The fourth-order valence-corrected chi connectivity index (χ4v) is 2.32. The predicted octanol–water partition coefficient (Wildman–Crippen LogP) is 2.22. The van der Waals surface area contributed by atoms with Gasteiger partial charge in [0.2, 0.25) is 0 Å². The van der Waals surface area contributed by atoms with Crippen LogP contribution in [0.4, 0.5) is 0 Å². The van der Waals surface area contributed by atoms with Crippen molar-refractivity contribution in [3.05, 3.63) is 0 Å². The van der Waals surface area contributed by atoms with Crippen molar-refractivity contribution < 1.29 is 19.4 Å². The number of aliphatic carboxylic acids is 1. The Hall–Kier alpha value is -1.06. The first-order chi connectivity index (χ1) is 7.38. The second kappa shape index (κ2) is 4.85. The van der Waals surface area contributed by atoms with E-state index in [4.69, 9.17) is 9.84 Å². The van der Waals surface area contributed by atoms with E-state index >= 15 is 0 Å². The second-order valence-electron chi connectivity index (χ2n) is 5.01. The molecule has 0 heterocycles. The van der Waals surface area contributed by atoms with E-state index in [-0.39, 0.29) is 12.1 Å². The van der Waals surface area contributed by atoms with Gasteiger partial charge in [0.1, 0.15) is 0 Å². The largest absolute Gasteiger partial charge is 0.481 e. The van der Waals surface area contributed by atoms with Gasteiger partial charge in [-0.3, -0.25) is 9.59 Å². The van der Waals surface area contributed by atoms with Crippen LogP contribution in [0.5, 0.6) is 0 Å². The summed E-state index contributed by atoms with van der Waals surface area (Å²) in [6.07, 6.45) is 2.75. The predicted molar refractivity (Wildman–Crippen MR) is 58.9 cm³/mol. The third-order valence-corrected chi connectivity index (χ3v) is 3.32. The summed E-state index contributed by atoms with van der Waals surface area (Å²) in [5.74, 6) is -1.86. The molecule has 1 N–H and O–H groups in total. The van der Waals surface area contributed by atoms with Crippen molar-refractivity contribution in [2.75, 3.05) is 0 Å². The third-order valence-electron chi connectivity index (χ3n) is 3.32. The summed E-state index contributed by atoms with van der Waals surface area (Å²) in [7, 11) is 0. The minimum atomic E-state index is -0.886. The maximum absolute atomic E-state index is 12.0. The lowest BCUT2D eigenvalue weighted by Crippen LogP contribution is -2.44.